The Hall–Kier alpha value is -2.90. The lowest BCUT2D eigenvalue weighted by Crippen LogP contribution is -2.41. The predicted molar refractivity (Wildman–Crippen MR) is 113 cm³/mol. The minimum Gasteiger partial charge on any atom is -0.455 e. The Morgan fingerprint density at radius 3 is 2.57 bits per heavy atom. The van der Waals surface area contributed by atoms with E-state index in [1.165, 1.54) is 4.90 Å². The molecule has 164 valence electrons. The van der Waals surface area contributed by atoms with Crippen molar-refractivity contribution in [3.05, 3.63) is 29.8 Å². The fourth-order valence-corrected chi connectivity index (χ4v) is 3.37. The molecule has 1 fully saturated rings. The minimum atomic E-state index is -0.559. The van der Waals surface area contributed by atoms with Gasteiger partial charge < -0.3 is 19.9 Å². The van der Waals surface area contributed by atoms with E-state index in [1.54, 1.807) is 11.0 Å². The van der Waals surface area contributed by atoms with Gasteiger partial charge in [0.05, 0.1) is 12.5 Å². The van der Waals surface area contributed by atoms with E-state index in [0.717, 1.165) is 5.56 Å². The molecular weight excluding hydrogens is 386 g/mol. The standard InChI is InChI=1S/C22H31N3O5/c1-5-10-24(13-19(26)23-18-9-7-6-8-16(18)4)21(28)14-30-22(29)17-11-20(27)25(12-17)15(2)3/h6-9,15,17H,5,10-14H2,1-4H3,(H,23,26). The molecule has 0 saturated carbocycles. The molecule has 1 aromatic rings. The number of hydrogen-bond donors (Lipinski definition) is 1. The first-order chi connectivity index (χ1) is 14.2. The first-order valence-corrected chi connectivity index (χ1v) is 10.3. The van der Waals surface area contributed by atoms with Crippen molar-refractivity contribution in [3.63, 3.8) is 0 Å². The monoisotopic (exact) mass is 417 g/mol. The highest BCUT2D eigenvalue weighted by Crippen LogP contribution is 2.21. The van der Waals surface area contributed by atoms with Crippen molar-refractivity contribution in [2.24, 2.45) is 5.92 Å². The van der Waals surface area contributed by atoms with Crippen LogP contribution in [0.1, 0.15) is 39.2 Å². The lowest BCUT2D eigenvalue weighted by Gasteiger charge is -2.22. The Morgan fingerprint density at radius 2 is 1.97 bits per heavy atom. The molecule has 0 spiro atoms. The number of likely N-dealkylation sites (tertiary alicyclic amines) is 1. The number of hydrogen-bond acceptors (Lipinski definition) is 5. The molecule has 0 aromatic heterocycles. The van der Waals surface area contributed by atoms with Crippen molar-refractivity contribution in [2.75, 3.05) is 31.6 Å². The number of nitrogens with zero attached hydrogens (tertiary/aromatic N) is 2. The molecule has 1 heterocycles. The van der Waals surface area contributed by atoms with Crippen molar-refractivity contribution in [1.29, 1.82) is 0 Å². The van der Waals surface area contributed by atoms with E-state index in [9.17, 15) is 19.2 Å². The van der Waals surface area contributed by atoms with Crippen LogP contribution < -0.4 is 5.32 Å². The maximum Gasteiger partial charge on any atom is 0.311 e. The normalized spacial score (nSPS) is 16.0. The topological polar surface area (TPSA) is 96.0 Å². The summed E-state index contributed by atoms with van der Waals surface area (Å²) in [6, 6.07) is 7.40. The van der Waals surface area contributed by atoms with Crippen LogP contribution >= 0.6 is 0 Å². The summed E-state index contributed by atoms with van der Waals surface area (Å²) in [5.41, 5.74) is 1.62. The molecule has 1 N–H and O–H groups in total. The molecule has 0 bridgehead atoms. The SMILES string of the molecule is CCCN(CC(=O)Nc1ccccc1C)C(=O)COC(=O)C1CC(=O)N(C(C)C)C1. The van der Waals surface area contributed by atoms with Crippen LogP contribution in [-0.2, 0) is 23.9 Å². The highest BCUT2D eigenvalue weighted by molar-refractivity contribution is 5.95. The summed E-state index contributed by atoms with van der Waals surface area (Å²) in [4.78, 5) is 52.2. The molecular formula is C22H31N3O5. The second-order valence-electron chi connectivity index (χ2n) is 7.83. The largest absolute Gasteiger partial charge is 0.455 e. The average molecular weight is 418 g/mol. The smallest absolute Gasteiger partial charge is 0.311 e. The number of para-hydroxylation sites is 1. The molecule has 1 saturated heterocycles. The van der Waals surface area contributed by atoms with Crippen molar-refractivity contribution in [2.45, 2.75) is 46.6 Å². The number of amides is 3. The van der Waals surface area contributed by atoms with Crippen LogP contribution in [0, 0.1) is 12.8 Å². The van der Waals surface area contributed by atoms with E-state index >= 15 is 0 Å². The van der Waals surface area contributed by atoms with Gasteiger partial charge in [-0.15, -0.1) is 0 Å². The summed E-state index contributed by atoms with van der Waals surface area (Å²) in [5, 5.41) is 2.80. The van der Waals surface area contributed by atoms with Gasteiger partial charge >= 0.3 is 5.97 Å². The molecule has 3 amide bonds. The third kappa shape index (κ3) is 6.30. The van der Waals surface area contributed by atoms with Gasteiger partial charge in [-0.2, -0.15) is 0 Å². The molecule has 0 radical (unpaired) electrons. The van der Waals surface area contributed by atoms with E-state index < -0.39 is 24.4 Å². The molecule has 0 aliphatic carbocycles. The number of benzene rings is 1. The zero-order valence-electron chi connectivity index (χ0n) is 18.1. The Morgan fingerprint density at radius 1 is 1.27 bits per heavy atom. The van der Waals surface area contributed by atoms with Gasteiger partial charge in [-0.25, -0.2) is 0 Å². The van der Waals surface area contributed by atoms with E-state index in [0.29, 0.717) is 25.2 Å². The zero-order valence-corrected chi connectivity index (χ0v) is 18.1. The highest BCUT2D eigenvalue weighted by atomic mass is 16.5. The van der Waals surface area contributed by atoms with Gasteiger partial charge in [-0.05, 0) is 38.8 Å². The molecule has 1 aromatic carbocycles. The zero-order chi connectivity index (χ0) is 22.3. The second kappa shape index (κ2) is 10.8. The summed E-state index contributed by atoms with van der Waals surface area (Å²) in [6.45, 7) is 7.68. The third-order valence-corrected chi connectivity index (χ3v) is 5.05. The number of ether oxygens (including phenoxy) is 1. The number of anilines is 1. The molecule has 30 heavy (non-hydrogen) atoms. The van der Waals surface area contributed by atoms with Gasteiger partial charge in [0, 0.05) is 31.2 Å². The minimum absolute atomic E-state index is 0.0174. The van der Waals surface area contributed by atoms with Crippen LogP contribution in [0.4, 0.5) is 5.69 Å². The van der Waals surface area contributed by atoms with E-state index in [2.05, 4.69) is 5.32 Å². The van der Waals surface area contributed by atoms with Crippen LogP contribution in [0.5, 0.6) is 0 Å². The van der Waals surface area contributed by atoms with Gasteiger partial charge in [-0.3, -0.25) is 19.2 Å². The molecule has 1 atom stereocenters. The first-order valence-electron chi connectivity index (χ1n) is 10.3. The fraction of sp³-hybridized carbons (Fsp3) is 0.545. The van der Waals surface area contributed by atoms with Crippen molar-refractivity contribution in [1.82, 2.24) is 9.80 Å². The number of carbonyl (C=O) groups excluding carboxylic acids is 4. The number of rotatable bonds is 9. The third-order valence-electron chi connectivity index (χ3n) is 5.05. The van der Waals surface area contributed by atoms with E-state index in [4.69, 9.17) is 4.74 Å². The molecule has 1 aliphatic rings. The van der Waals surface area contributed by atoms with E-state index in [-0.39, 0.29) is 30.8 Å². The number of carbonyl (C=O) groups is 4. The number of aryl methyl sites for hydroxylation is 1. The van der Waals surface area contributed by atoms with Crippen molar-refractivity contribution in [3.8, 4) is 0 Å². The van der Waals surface area contributed by atoms with Gasteiger partial charge in [0.15, 0.2) is 6.61 Å². The van der Waals surface area contributed by atoms with Gasteiger partial charge in [-0.1, -0.05) is 25.1 Å². The Kier molecular flexibility index (Phi) is 8.38. The summed E-state index contributed by atoms with van der Waals surface area (Å²) >= 11 is 0. The summed E-state index contributed by atoms with van der Waals surface area (Å²) in [6.07, 6.45) is 0.764. The molecule has 1 aliphatic heterocycles. The van der Waals surface area contributed by atoms with Crippen LogP contribution in [0.2, 0.25) is 0 Å². The molecule has 2 rings (SSSR count). The molecule has 8 nitrogen and oxygen atoms in total. The van der Waals surface area contributed by atoms with Crippen molar-refractivity contribution >= 4 is 29.4 Å². The number of nitrogens with one attached hydrogen (secondary N) is 1. The van der Waals surface area contributed by atoms with Gasteiger partial charge in [0.1, 0.15) is 0 Å². The van der Waals surface area contributed by atoms with Gasteiger partial charge in [0.2, 0.25) is 11.8 Å². The van der Waals surface area contributed by atoms with E-state index in [1.807, 2.05) is 45.9 Å². The Labute approximate surface area is 177 Å². The van der Waals surface area contributed by atoms with Crippen LogP contribution in [0.15, 0.2) is 24.3 Å². The maximum atomic E-state index is 12.5. The summed E-state index contributed by atoms with van der Waals surface area (Å²) < 4.78 is 5.17. The summed E-state index contributed by atoms with van der Waals surface area (Å²) in [5.74, 6) is -1.95. The highest BCUT2D eigenvalue weighted by Gasteiger charge is 2.36. The first kappa shape index (κ1) is 23.4. The van der Waals surface area contributed by atoms with Crippen molar-refractivity contribution < 1.29 is 23.9 Å². The Bertz CT molecular complexity index is 793. The quantitative estimate of drug-likeness (QED) is 0.620. The van der Waals surface area contributed by atoms with Gasteiger partial charge in [0.25, 0.3) is 5.91 Å². The molecule has 8 heteroatoms. The second-order valence-corrected chi connectivity index (χ2v) is 7.83. The number of esters is 1. The maximum absolute atomic E-state index is 12.5. The van der Waals surface area contributed by atoms with Crippen LogP contribution in [-0.4, -0.2) is 65.8 Å². The lowest BCUT2D eigenvalue weighted by atomic mass is 10.1. The average Bonchev–Trinajstić information content (AvgIpc) is 3.09. The predicted octanol–water partition coefficient (Wildman–Crippen LogP) is 1.97. The van der Waals surface area contributed by atoms with Crippen LogP contribution in [0.25, 0.3) is 0 Å². The fourth-order valence-electron chi connectivity index (χ4n) is 3.37. The lowest BCUT2D eigenvalue weighted by molar-refractivity contribution is -0.155. The molecule has 1 unspecified atom stereocenters. The summed E-state index contributed by atoms with van der Waals surface area (Å²) in [7, 11) is 0. The Balaban J connectivity index is 1.87. The van der Waals surface area contributed by atoms with Crippen LogP contribution in [0.3, 0.4) is 0 Å².